The van der Waals surface area contributed by atoms with Crippen LogP contribution in [0.5, 0.6) is 5.75 Å². The average molecular weight is 545 g/mol. The number of carbonyl (C=O) groups is 2. The molecule has 0 spiro atoms. The Balaban J connectivity index is 2.43. The molecule has 192 valence electrons. The first-order chi connectivity index (χ1) is 16.5. The van der Waals surface area contributed by atoms with Gasteiger partial charge in [-0.1, -0.05) is 43.1 Å². The van der Waals surface area contributed by atoms with Crippen LogP contribution in [0.4, 0.5) is 5.69 Å². The molecule has 11 heteroatoms. The number of sulfonamides is 1. The standard InChI is InChI=1S/C24H31Cl2N3O5S/c1-5-13-27-24(31)22(6-2)28(15-17-7-12-20(25)21(26)14-17)23(30)16-29(35(4,32)33)18-8-10-19(34-3)11-9-18/h7-12,14,22H,5-6,13,15-16H2,1-4H3,(H,27,31). The highest BCUT2D eigenvalue weighted by atomic mass is 35.5. The SMILES string of the molecule is CCCNC(=O)C(CC)N(Cc1ccc(Cl)c(Cl)c1)C(=O)CN(c1ccc(OC)cc1)S(C)(=O)=O. The topological polar surface area (TPSA) is 96.0 Å². The molecule has 0 aliphatic rings. The molecule has 1 atom stereocenters. The van der Waals surface area contributed by atoms with Crippen LogP contribution in [0, 0.1) is 0 Å². The Labute approximate surface area is 217 Å². The molecule has 0 heterocycles. The van der Waals surface area contributed by atoms with E-state index in [-0.39, 0.29) is 12.5 Å². The lowest BCUT2D eigenvalue weighted by Gasteiger charge is -2.33. The molecule has 0 aliphatic heterocycles. The van der Waals surface area contributed by atoms with E-state index in [2.05, 4.69) is 5.32 Å². The monoisotopic (exact) mass is 543 g/mol. The zero-order chi connectivity index (χ0) is 26.2. The van der Waals surface area contributed by atoms with Gasteiger partial charge in [-0.2, -0.15) is 0 Å². The molecule has 2 aromatic rings. The van der Waals surface area contributed by atoms with Crippen molar-refractivity contribution in [2.45, 2.75) is 39.3 Å². The maximum absolute atomic E-state index is 13.6. The van der Waals surface area contributed by atoms with Gasteiger partial charge in [-0.05, 0) is 54.8 Å². The summed E-state index contributed by atoms with van der Waals surface area (Å²) in [5.41, 5.74) is 0.962. The maximum atomic E-state index is 13.6. The molecule has 0 radical (unpaired) electrons. The molecule has 8 nitrogen and oxygen atoms in total. The number of nitrogens with zero attached hydrogens (tertiary/aromatic N) is 2. The number of benzene rings is 2. The average Bonchev–Trinajstić information content (AvgIpc) is 2.82. The number of nitrogens with one attached hydrogen (secondary N) is 1. The van der Waals surface area contributed by atoms with Gasteiger partial charge in [-0.15, -0.1) is 0 Å². The van der Waals surface area contributed by atoms with E-state index in [4.69, 9.17) is 27.9 Å². The summed E-state index contributed by atoms with van der Waals surface area (Å²) in [6.45, 7) is 3.76. The zero-order valence-electron chi connectivity index (χ0n) is 20.3. The van der Waals surface area contributed by atoms with E-state index in [0.717, 1.165) is 17.0 Å². The fraction of sp³-hybridized carbons (Fsp3) is 0.417. The Morgan fingerprint density at radius 1 is 1.06 bits per heavy atom. The molecule has 0 aromatic heterocycles. The molecule has 1 unspecified atom stereocenters. The molecule has 0 aliphatic carbocycles. The van der Waals surface area contributed by atoms with E-state index >= 15 is 0 Å². The Hall–Kier alpha value is -2.49. The molecule has 2 rings (SSSR count). The van der Waals surface area contributed by atoms with Crippen LogP contribution in [0.25, 0.3) is 0 Å². The van der Waals surface area contributed by atoms with E-state index < -0.39 is 28.5 Å². The predicted octanol–water partition coefficient (Wildman–Crippen LogP) is 4.10. The second-order valence-electron chi connectivity index (χ2n) is 7.95. The number of rotatable bonds is 12. The molecular weight excluding hydrogens is 513 g/mol. The molecule has 0 saturated heterocycles. The number of hydrogen-bond acceptors (Lipinski definition) is 5. The fourth-order valence-electron chi connectivity index (χ4n) is 3.48. The minimum atomic E-state index is -3.81. The number of hydrogen-bond donors (Lipinski definition) is 1. The van der Waals surface area contributed by atoms with Crippen molar-refractivity contribution in [1.82, 2.24) is 10.2 Å². The molecule has 0 bridgehead atoms. The first kappa shape index (κ1) is 28.7. The van der Waals surface area contributed by atoms with Gasteiger partial charge in [0, 0.05) is 13.1 Å². The highest BCUT2D eigenvalue weighted by Gasteiger charge is 2.31. The molecule has 2 aromatic carbocycles. The van der Waals surface area contributed by atoms with Crippen LogP contribution >= 0.6 is 23.2 Å². The number of halogens is 2. The zero-order valence-corrected chi connectivity index (χ0v) is 22.6. The van der Waals surface area contributed by atoms with E-state index in [0.29, 0.717) is 40.0 Å². The molecule has 2 amide bonds. The Kier molecular flexibility index (Phi) is 10.7. The van der Waals surface area contributed by atoms with Gasteiger partial charge in [-0.3, -0.25) is 13.9 Å². The number of carbonyl (C=O) groups excluding carboxylic acids is 2. The van der Waals surface area contributed by atoms with Crippen LogP contribution in [-0.2, 0) is 26.2 Å². The second-order valence-corrected chi connectivity index (χ2v) is 10.7. The van der Waals surface area contributed by atoms with Crippen molar-refractivity contribution in [2.75, 3.05) is 30.8 Å². The van der Waals surface area contributed by atoms with Crippen molar-refractivity contribution < 1.29 is 22.7 Å². The van der Waals surface area contributed by atoms with Gasteiger partial charge in [0.15, 0.2) is 0 Å². The highest BCUT2D eigenvalue weighted by molar-refractivity contribution is 7.92. The van der Waals surface area contributed by atoms with Crippen molar-refractivity contribution in [2.24, 2.45) is 0 Å². The van der Waals surface area contributed by atoms with E-state index in [1.165, 1.54) is 12.0 Å². The third-order valence-electron chi connectivity index (χ3n) is 5.31. The van der Waals surface area contributed by atoms with Gasteiger partial charge < -0.3 is 15.0 Å². The third kappa shape index (κ3) is 8.02. The van der Waals surface area contributed by atoms with Gasteiger partial charge in [0.1, 0.15) is 18.3 Å². The van der Waals surface area contributed by atoms with Crippen LogP contribution in [0.15, 0.2) is 42.5 Å². The first-order valence-corrected chi connectivity index (χ1v) is 13.7. The van der Waals surface area contributed by atoms with Crippen molar-refractivity contribution in [3.8, 4) is 5.75 Å². The lowest BCUT2D eigenvalue weighted by Crippen LogP contribution is -2.52. The quantitative estimate of drug-likeness (QED) is 0.434. The highest BCUT2D eigenvalue weighted by Crippen LogP contribution is 2.25. The maximum Gasteiger partial charge on any atom is 0.244 e. The minimum absolute atomic E-state index is 0.0496. The molecule has 1 N–H and O–H groups in total. The van der Waals surface area contributed by atoms with Gasteiger partial charge in [0.05, 0.1) is 29.1 Å². The summed E-state index contributed by atoms with van der Waals surface area (Å²) >= 11 is 12.2. The summed E-state index contributed by atoms with van der Waals surface area (Å²) in [4.78, 5) is 27.9. The van der Waals surface area contributed by atoms with Crippen molar-refractivity contribution in [1.29, 1.82) is 0 Å². The van der Waals surface area contributed by atoms with E-state index in [1.54, 1.807) is 49.4 Å². The van der Waals surface area contributed by atoms with Gasteiger partial charge in [0.2, 0.25) is 21.8 Å². The predicted molar refractivity (Wildman–Crippen MR) is 140 cm³/mol. The number of ether oxygens (including phenoxy) is 1. The molecule has 0 fully saturated rings. The van der Waals surface area contributed by atoms with Crippen LogP contribution in [-0.4, -0.2) is 57.6 Å². The van der Waals surface area contributed by atoms with Crippen molar-refractivity contribution in [3.63, 3.8) is 0 Å². The van der Waals surface area contributed by atoms with Crippen LogP contribution < -0.4 is 14.4 Å². The summed E-state index contributed by atoms with van der Waals surface area (Å²) in [5, 5.41) is 3.51. The van der Waals surface area contributed by atoms with Crippen LogP contribution in [0.3, 0.4) is 0 Å². The normalized spacial score (nSPS) is 12.1. The van der Waals surface area contributed by atoms with Crippen molar-refractivity contribution in [3.05, 3.63) is 58.1 Å². The van der Waals surface area contributed by atoms with Crippen LogP contribution in [0.2, 0.25) is 10.0 Å². The van der Waals surface area contributed by atoms with Gasteiger partial charge in [-0.25, -0.2) is 8.42 Å². The molecule has 35 heavy (non-hydrogen) atoms. The van der Waals surface area contributed by atoms with Gasteiger partial charge in [0.25, 0.3) is 0 Å². The number of amides is 2. The Bertz CT molecular complexity index is 1130. The van der Waals surface area contributed by atoms with E-state index in [1.807, 2.05) is 6.92 Å². The largest absolute Gasteiger partial charge is 0.497 e. The Morgan fingerprint density at radius 2 is 1.71 bits per heavy atom. The summed E-state index contributed by atoms with van der Waals surface area (Å²) in [5.74, 6) is -0.289. The second kappa shape index (κ2) is 13.0. The van der Waals surface area contributed by atoms with E-state index in [9.17, 15) is 18.0 Å². The molecular formula is C24H31Cl2N3O5S. The lowest BCUT2D eigenvalue weighted by molar-refractivity contribution is -0.140. The Morgan fingerprint density at radius 3 is 2.23 bits per heavy atom. The number of anilines is 1. The van der Waals surface area contributed by atoms with Gasteiger partial charge >= 0.3 is 0 Å². The lowest BCUT2D eigenvalue weighted by atomic mass is 10.1. The van der Waals surface area contributed by atoms with Crippen molar-refractivity contribution >= 4 is 50.7 Å². The fourth-order valence-corrected chi connectivity index (χ4v) is 4.65. The summed E-state index contributed by atoms with van der Waals surface area (Å²) < 4.78 is 31.4. The minimum Gasteiger partial charge on any atom is -0.497 e. The summed E-state index contributed by atoms with van der Waals surface area (Å²) in [6, 6.07) is 10.5. The molecule has 0 saturated carbocycles. The smallest absolute Gasteiger partial charge is 0.244 e. The van der Waals surface area contributed by atoms with Crippen LogP contribution in [0.1, 0.15) is 32.3 Å². The number of methoxy groups -OCH3 is 1. The third-order valence-corrected chi connectivity index (χ3v) is 7.19. The first-order valence-electron chi connectivity index (χ1n) is 11.1. The summed E-state index contributed by atoms with van der Waals surface area (Å²) in [7, 11) is -2.31. The summed E-state index contributed by atoms with van der Waals surface area (Å²) in [6.07, 6.45) is 2.10.